The first-order valence-electron chi connectivity index (χ1n) is 6.14. The second-order valence-electron chi connectivity index (χ2n) is 4.69. The number of carbonyl (C=O) groups excluding carboxylic acids is 1. The third-order valence-corrected chi connectivity index (χ3v) is 2.58. The lowest BCUT2D eigenvalue weighted by Gasteiger charge is -2.18. The molecule has 1 rings (SSSR count). The molecule has 0 aliphatic rings. The summed E-state index contributed by atoms with van der Waals surface area (Å²) in [5.41, 5.74) is -0.301. The molecule has 0 saturated carbocycles. The van der Waals surface area contributed by atoms with Gasteiger partial charge in [-0.05, 0) is 26.0 Å². The molecule has 1 N–H and O–H groups in total. The Morgan fingerprint density at radius 1 is 1.43 bits per heavy atom. The van der Waals surface area contributed by atoms with Gasteiger partial charge in [-0.1, -0.05) is 0 Å². The number of ether oxygens (including phenoxy) is 1. The summed E-state index contributed by atoms with van der Waals surface area (Å²) in [5.74, 6) is -1.25. The molecule has 0 aliphatic carbocycles. The molecule has 1 aromatic rings. The lowest BCUT2D eigenvalue weighted by Crippen LogP contribution is -2.29. The first-order valence-corrected chi connectivity index (χ1v) is 6.14. The first-order chi connectivity index (χ1) is 9.72. The number of hydrogen-bond donors (Lipinski definition) is 1. The maximum atomic E-state index is 11.7. The fourth-order valence-corrected chi connectivity index (χ4v) is 1.61. The molecule has 21 heavy (non-hydrogen) atoms. The van der Waals surface area contributed by atoms with Gasteiger partial charge >= 0.3 is 12.1 Å². The summed E-state index contributed by atoms with van der Waals surface area (Å²) in [6, 6.07) is 3.55. The van der Waals surface area contributed by atoms with Crippen LogP contribution in [0.15, 0.2) is 18.2 Å². The van der Waals surface area contributed by atoms with Gasteiger partial charge < -0.3 is 14.7 Å². The molecular formula is C13H16N2O6. The number of aromatic carboxylic acids is 1. The second-order valence-corrected chi connectivity index (χ2v) is 4.69. The van der Waals surface area contributed by atoms with E-state index < -0.39 is 17.0 Å². The van der Waals surface area contributed by atoms with Gasteiger partial charge in [0.25, 0.3) is 5.69 Å². The maximum Gasteiger partial charge on any atom is 0.410 e. The highest BCUT2D eigenvalue weighted by atomic mass is 16.6. The van der Waals surface area contributed by atoms with E-state index >= 15 is 0 Å². The van der Waals surface area contributed by atoms with E-state index in [0.717, 1.165) is 6.07 Å². The number of amides is 1. The molecule has 0 unspecified atom stereocenters. The predicted octanol–water partition coefficient (Wildman–Crippen LogP) is 2.27. The van der Waals surface area contributed by atoms with Crippen LogP contribution in [0.1, 0.15) is 29.8 Å². The first kappa shape index (κ1) is 16.4. The van der Waals surface area contributed by atoms with Crippen LogP contribution in [0.5, 0.6) is 0 Å². The van der Waals surface area contributed by atoms with Crippen LogP contribution in [-0.4, -0.2) is 40.1 Å². The van der Waals surface area contributed by atoms with E-state index in [2.05, 4.69) is 0 Å². The highest BCUT2D eigenvalue weighted by molar-refractivity contribution is 5.88. The van der Waals surface area contributed by atoms with Crippen molar-refractivity contribution in [1.82, 2.24) is 4.90 Å². The number of rotatable bonds is 5. The average molecular weight is 296 g/mol. The number of nitro groups is 1. The number of carboxylic acids is 1. The van der Waals surface area contributed by atoms with Crippen LogP contribution in [0, 0.1) is 10.1 Å². The van der Waals surface area contributed by atoms with Crippen LogP contribution in [0.25, 0.3) is 0 Å². The monoisotopic (exact) mass is 296 g/mol. The van der Waals surface area contributed by atoms with Crippen molar-refractivity contribution in [2.24, 2.45) is 0 Å². The van der Waals surface area contributed by atoms with Gasteiger partial charge in [-0.3, -0.25) is 10.1 Å². The highest BCUT2D eigenvalue weighted by Gasteiger charge is 2.20. The standard InChI is InChI=1S/C13H16N2O6/c1-8(2)21-13(18)14(3)7-10-5-4-9(12(16)17)6-11(10)15(19)20/h4-6,8H,7H2,1-3H3,(H,16,17). The largest absolute Gasteiger partial charge is 0.478 e. The van der Waals surface area contributed by atoms with E-state index in [0.29, 0.717) is 0 Å². The number of hydrogen-bond acceptors (Lipinski definition) is 5. The van der Waals surface area contributed by atoms with Crippen molar-refractivity contribution in [3.8, 4) is 0 Å². The van der Waals surface area contributed by atoms with Crippen molar-refractivity contribution in [1.29, 1.82) is 0 Å². The highest BCUT2D eigenvalue weighted by Crippen LogP contribution is 2.22. The fourth-order valence-electron chi connectivity index (χ4n) is 1.61. The summed E-state index contributed by atoms with van der Waals surface area (Å²) in [4.78, 5) is 34.0. The maximum absolute atomic E-state index is 11.7. The molecule has 0 atom stereocenters. The molecule has 0 radical (unpaired) electrons. The summed E-state index contributed by atoms with van der Waals surface area (Å²) < 4.78 is 4.97. The Kier molecular flexibility index (Phi) is 5.23. The van der Waals surface area contributed by atoms with Gasteiger partial charge in [-0.15, -0.1) is 0 Å². The smallest absolute Gasteiger partial charge is 0.410 e. The summed E-state index contributed by atoms with van der Waals surface area (Å²) in [6.45, 7) is 3.33. The predicted molar refractivity (Wildman–Crippen MR) is 73.1 cm³/mol. The minimum Gasteiger partial charge on any atom is -0.478 e. The van der Waals surface area contributed by atoms with Crippen molar-refractivity contribution in [2.75, 3.05) is 7.05 Å². The average Bonchev–Trinajstić information content (AvgIpc) is 2.37. The summed E-state index contributed by atoms with van der Waals surface area (Å²) in [5, 5.41) is 19.8. The molecule has 0 bridgehead atoms. The second kappa shape index (κ2) is 6.69. The van der Waals surface area contributed by atoms with Crippen LogP contribution in [0.3, 0.4) is 0 Å². The summed E-state index contributed by atoms with van der Waals surface area (Å²) >= 11 is 0. The molecule has 1 aromatic carbocycles. The van der Waals surface area contributed by atoms with Crippen molar-refractivity contribution in [2.45, 2.75) is 26.5 Å². The van der Waals surface area contributed by atoms with E-state index in [9.17, 15) is 19.7 Å². The van der Waals surface area contributed by atoms with Gasteiger partial charge in [-0.25, -0.2) is 9.59 Å². The van der Waals surface area contributed by atoms with Gasteiger partial charge in [-0.2, -0.15) is 0 Å². The SMILES string of the molecule is CC(C)OC(=O)N(C)Cc1ccc(C(=O)O)cc1[N+](=O)[O-]. The fraction of sp³-hybridized carbons (Fsp3) is 0.385. The molecule has 114 valence electrons. The topological polar surface area (TPSA) is 110 Å². The number of benzene rings is 1. The van der Waals surface area contributed by atoms with Gasteiger partial charge in [0.1, 0.15) is 0 Å². The third kappa shape index (κ3) is 4.44. The molecule has 0 heterocycles. The third-order valence-electron chi connectivity index (χ3n) is 2.58. The van der Waals surface area contributed by atoms with E-state index in [4.69, 9.17) is 9.84 Å². The summed E-state index contributed by atoms with van der Waals surface area (Å²) in [6.07, 6.45) is -0.911. The Balaban J connectivity index is 3.00. The van der Waals surface area contributed by atoms with Crippen molar-refractivity contribution in [3.63, 3.8) is 0 Å². The van der Waals surface area contributed by atoms with E-state index in [1.165, 1.54) is 24.1 Å². The minimum absolute atomic E-state index is 0.0538. The quantitative estimate of drug-likeness (QED) is 0.659. The molecule has 0 saturated heterocycles. The van der Waals surface area contributed by atoms with E-state index in [-0.39, 0.29) is 29.5 Å². The Bertz CT molecular complexity index is 570. The zero-order valence-electron chi connectivity index (χ0n) is 11.9. The molecule has 1 amide bonds. The van der Waals surface area contributed by atoms with Gasteiger partial charge in [0.15, 0.2) is 0 Å². The summed E-state index contributed by atoms with van der Waals surface area (Å²) in [7, 11) is 1.44. The lowest BCUT2D eigenvalue weighted by molar-refractivity contribution is -0.385. The van der Waals surface area contributed by atoms with Gasteiger partial charge in [0, 0.05) is 18.7 Å². The molecule has 0 aromatic heterocycles. The zero-order chi connectivity index (χ0) is 16.2. The number of nitrogens with zero attached hydrogens (tertiary/aromatic N) is 2. The van der Waals surface area contributed by atoms with Crippen LogP contribution in [-0.2, 0) is 11.3 Å². The number of carbonyl (C=O) groups is 2. The molecular weight excluding hydrogens is 280 g/mol. The Hall–Kier alpha value is -2.64. The van der Waals surface area contributed by atoms with Crippen LogP contribution >= 0.6 is 0 Å². The molecule has 0 fully saturated rings. The minimum atomic E-state index is -1.25. The molecule has 8 nitrogen and oxygen atoms in total. The van der Waals surface area contributed by atoms with Crippen molar-refractivity contribution >= 4 is 17.7 Å². The molecule has 0 aliphatic heterocycles. The Labute approximate surface area is 121 Å². The van der Waals surface area contributed by atoms with Gasteiger partial charge in [0.05, 0.1) is 23.1 Å². The van der Waals surface area contributed by atoms with Crippen LogP contribution < -0.4 is 0 Å². The molecule has 0 spiro atoms. The molecule has 8 heteroatoms. The Morgan fingerprint density at radius 2 is 2.05 bits per heavy atom. The lowest BCUT2D eigenvalue weighted by atomic mass is 10.1. The van der Waals surface area contributed by atoms with Crippen molar-refractivity contribution < 1.29 is 24.4 Å². The van der Waals surface area contributed by atoms with Crippen LogP contribution in [0.4, 0.5) is 10.5 Å². The van der Waals surface area contributed by atoms with E-state index in [1.54, 1.807) is 13.8 Å². The van der Waals surface area contributed by atoms with E-state index in [1.807, 2.05) is 0 Å². The Morgan fingerprint density at radius 3 is 2.52 bits per heavy atom. The number of carboxylic acid groups (broad SMARTS) is 1. The van der Waals surface area contributed by atoms with Gasteiger partial charge in [0.2, 0.25) is 0 Å². The zero-order valence-corrected chi connectivity index (χ0v) is 11.9. The van der Waals surface area contributed by atoms with Crippen molar-refractivity contribution in [3.05, 3.63) is 39.4 Å². The normalized spacial score (nSPS) is 10.3. The van der Waals surface area contributed by atoms with Crippen LogP contribution in [0.2, 0.25) is 0 Å². The number of nitro benzene ring substituents is 1.